The van der Waals surface area contributed by atoms with Gasteiger partial charge in [-0.05, 0) is 19.1 Å². The summed E-state index contributed by atoms with van der Waals surface area (Å²) >= 11 is 1.50. The van der Waals surface area contributed by atoms with Crippen molar-refractivity contribution in [1.82, 2.24) is 4.57 Å². The van der Waals surface area contributed by atoms with Gasteiger partial charge >= 0.3 is 0 Å². The third-order valence-corrected chi connectivity index (χ3v) is 4.43. The van der Waals surface area contributed by atoms with Crippen LogP contribution in [0, 0.1) is 5.41 Å². The number of aromatic nitrogens is 1. The molecule has 0 saturated carbocycles. The Balaban J connectivity index is 2.61. The van der Waals surface area contributed by atoms with Gasteiger partial charge in [0.05, 0.1) is 18.4 Å². The monoisotopic (exact) mass is 336 g/mol. The third-order valence-electron chi connectivity index (χ3n) is 3.39. The normalized spacial score (nSPS) is 12.8. The van der Waals surface area contributed by atoms with Crippen molar-refractivity contribution in [2.45, 2.75) is 34.2 Å². The van der Waals surface area contributed by atoms with Crippen molar-refractivity contribution >= 4 is 27.5 Å². The molecular formula is C17H24N2O3S. The van der Waals surface area contributed by atoms with Crippen LogP contribution in [0.25, 0.3) is 10.2 Å². The Bertz CT molecular complexity index is 753. The van der Waals surface area contributed by atoms with Crippen LogP contribution in [0.2, 0.25) is 0 Å². The highest BCUT2D eigenvalue weighted by Crippen LogP contribution is 2.27. The van der Waals surface area contributed by atoms with Crippen molar-refractivity contribution in [1.29, 1.82) is 0 Å². The van der Waals surface area contributed by atoms with Crippen LogP contribution in [0.1, 0.15) is 27.7 Å². The van der Waals surface area contributed by atoms with Crippen molar-refractivity contribution in [3.8, 4) is 5.75 Å². The molecule has 0 spiro atoms. The maximum Gasteiger partial charge on any atom is 0.253 e. The smallest absolute Gasteiger partial charge is 0.253 e. The summed E-state index contributed by atoms with van der Waals surface area (Å²) in [5.74, 6) is 0.646. The molecule has 0 bridgehead atoms. The summed E-state index contributed by atoms with van der Waals surface area (Å²) in [7, 11) is 1.65. The first-order valence-electron chi connectivity index (χ1n) is 7.71. The lowest BCUT2D eigenvalue weighted by Gasteiger charge is -2.12. The zero-order chi connectivity index (χ0) is 17.0. The van der Waals surface area contributed by atoms with E-state index in [1.807, 2.05) is 50.5 Å². The molecule has 0 fully saturated rings. The largest absolute Gasteiger partial charge is 0.495 e. The van der Waals surface area contributed by atoms with Crippen LogP contribution in [0.3, 0.4) is 0 Å². The number of methoxy groups -OCH3 is 1. The Morgan fingerprint density at radius 2 is 2.09 bits per heavy atom. The summed E-state index contributed by atoms with van der Waals surface area (Å²) in [4.78, 5) is 17.3. The van der Waals surface area contributed by atoms with Crippen LogP contribution in [-0.2, 0) is 16.1 Å². The van der Waals surface area contributed by atoms with Crippen LogP contribution < -0.4 is 9.54 Å². The van der Waals surface area contributed by atoms with E-state index in [9.17, 15) is 4.79 Å². The van der Waals surface area contributed by atoms with E-state index in [1.165, 1.54) is 11.3 Å². The topological polar surface area (TPSA) is 52.8 Å². The molecule has 0 N–H and O–H groups in total. The summed E-state index contributed by atoms with van der Waals surface area (Å²) in [6.45, 7) is 9.44. The Morgan fingerprint density at radius 3 is 2.70 bits per heavy atom. The average Bonchev–Trinajstić information content (AvgIpc) is 2.84. The fraction of sp³-hybridized carbons (Fsp3) is 0.529. The van der Waals surface area contributed by atoms with Crippen LogP contribution >= 0.6 is 11.3 Å². The van der Waals surface area contributed by atoms with Crippen molar-refractivity contribution in [2.24, 2.45) is 10.4 Å². The van der Waals surface area contributed by atoms with Gasteiger partial charge in [-0.25, -0.2) is 0 Å². The van der Waals surface area contributed by atoms with E-state index in [-0.39, 0.29) is 5.91 Å². The maximum absolute atomic E-state index is 12.3. The number of benzene rings is 1. The van der Waals surface area contributed by atoms with Crippen molar-refractivity contribution in [3.05, 3.63) is 23.0 Å². The summed E-state index contributed by atoms with van der Waals surface area (Å²) < 4.78 is 14.0. The van der Waals surface area contributed by atoms with E-state index < -0.39 is 5.41 Å². The van der Waals surface area contributed by atoms with Crippen LogP contribution in [0.5, 0.6) is 5.75 Å². The van der Waals surface area contributed by atoms with Gasteiger partial charge in [0.1, 0.15) is 11.3 Å². The first-order valence-corrected chi connectivity index (χ1v) is 8.53. The van der Waals surface area contributed by atoms with Gasteiger partial charge in [-0.15, -0.1) is 0 Å². The van der Waals surface area contributed by atoms with E-state index in [2.05, 4.69) is 4.99 Å². The molecule has 1 amide bonds. The van der Waals surface area contributed by atoms with Gasteiger partial charge in [-0.1, -0.05) is 38.2 Å². The second kappa shape index (κ2) is 7.27. The number of hydrogen-bond donors (Lipinski definition) is 0. The van der Waals surface area contributed by atoms with Gasteiger partial charge in [-0.2, -0.15) is 4.99 Å². The zero-order valence-corrected chi connectivity index (χ0v) is 15.2. The Hall–Kier alpha value is -1.66. The predicted octanol–water partition coefficient (Wildman–Crippen LogP) is 3.22. The molecule has 0 aliphatic carbocycles. The predicted molar refractivity (Wildman–Crippen MR) is 92.9 cm³/mol. The molecule has 1 aromatic heterocycles. The molecular weight excluding hydrogens is 312 g/mol. The highest BCUT2D eigenvalue weighted by Gasteiger charge is 2.21. The van der Waals surface area contributed by atoms with Crippen molar-refractivity contribution in [2.75, 3.05) is 20.3 Å². The molecule has 2 aromatic rings. The summed E-state index contributed by atoms with van der Waals surface area (Å²) in [5.41, 5.74) is 0.457. The molecule has 0 atom stereocenters. The fourth-order valence-electron chi connectivity index (χ4n) is 2.11. The molecule has 1 aromatic carbocycles. The van der Waals surface area contributed by atoms with Crippen LogP contribution in [-0.4, -0.2) is 30.8 Å². The Kier molecular flexibility index (Phi) is 5.59. The minimum atomic E-state index is -0.502. The summed E-state index contributed by atoms with van der Waals surface area (Å²) in [5, 5.41) is 0. The number of fused-ring (bicyclic) bond motifs is 1. The molecule has 0 radical (unpaired) electrons. The second-order valence-corrected chi connectivity index (χ2v) is 7.22. The van der Waals surface area contributed by atoms with Crippen LogP contribution in [0.15, 0.2) is 23.2 Å². The lowest BCUT2D eigenvalue weighted by Crippen LogP contribution is -2.24. The number of thiazole rings is 1. The van der Waals surface area contributed by atoms with Gasteiger partial charge in [0, 0.05) is 18.6 Å². The molecule has 2 rings (SSSR count). The molecule has 5 nitrogen and oxygen atoms in total. The average molecular weight is 336 g/mol. The molecule has 23 heavy (non-hydrogen) atoms. The highest BCUT2D eigenvalue weighted by atomic mass is 32.1. The molecule has 1 heterocycles. The summed E-state index contributed by atoms with van der Waals surface area (Å²) in [6.07, 6.45) is 0. The minimum Gasteiger partial charge on any atom is -0.495 e. The number of rotatable bonds is 5. The number of carbonyl (C=O) groups is 1. The first-order chi connectivity index (χ1) is 10.9. The van der Waals surface area contributed by atoms with E-state index in [0.29, 0.717) is 24.6 Å². The highest BCUT2D eigenvalue weighted by molar-refractivity contribution is 7.16. The van der Waals surface area contributed by atoms with E-state index >= 15 is 0 Å². The number of amides is 1. The first kappa shape index (κ1) is 17.7. The third kappa shape index (κ3) is 4.00. The molecule has 0 saturated heterocycles. The zero-order valence-electron chi connectivity index (χ0n) is 14.4. The number of para-hydroxylation sites is 1. The van der Waals surface area contributed by atoms with E-state index in [0.717, 1.165) is 16.0 Å². The number of ether oxygens (including phenoxy) is 2. The molecule has 126 valence electrons. The van der Waals surface area contributed by atoms with Gasteiger partial charge in [0.15, 0.2) is 4.80 Å². The Labute approximate surface area is 140 Å². The summed E-state index contributed by atoms with van der Waals surface area (Å²) in [6, 6.07) is 5.88. The number of nitrogens with zero attached hydrogens (tertiary/aromatic N) is 2. The van der Waals surface area contributed by atoms with Crippen LogP contribution in [0.4, 0.5) is 0 Å². The van der Waals surface area contributed by atoms with Gasteiger partial charge in [0.2, 0.25) is 0 Å². The molecule has 0 unspecified atom stereocenters. The lowest BCUT2D eigenvalue weighted by molar-refractivity contribution is -0.125. The quantitative estimate of drug-likeness (QED) is 0.788. The van der Waals surface area contributed by atoms with Crippen molar-refractivity contribution < 1.29 is 14.3 Å². The minimum absolute atomic E-state index is 0.131. The molecule has 6 heteroatoms. The van der Waals surface area contributed by atoms with E-state index in [1.54, 1.807) is 7.11 Å². The Morgan fingerprint density at radius 1 is 1.35 bits per heavy atom. The number of hydrogen-bond acceptors (Lipinski definition) is 4. The lowest BCUT2D eigenvalue weighted by atomic mass is 9.96. The number of carbonyl (C=O) groups excluding carboxylic acids is 1. The maximum atomic E-state index is 12.3. The van der Waals surface area contributed by atoms with E-state index in [4.69, 9.17) is 9.47 Å². The van der Waals surface area contributed by atoms with Crippen molar-refractivity contribution in [3.63, 3.8) is 0 Å². The molecule has 0 aliphatic rings. The van der Waals surface area contributed by atoms with Gasteiger partial charge < -0.3 is 14.0 Å². The SMILES string of the molecule is CCOCCn1c(=NC(=O)C(C)(C)C)sc2cccc(OC)c21. The second-order valence-electron chi connectivity index (χ2n) is 6.21. The van der Waals surface area contributed by atoms with Gasteiger partial charge in [-0.3, -0.25) is 4.79 Å². The molecule has 0 aliphatic heterocycles. The fourth-order valence-corrected chi connectivity index (χ4v) is 3.18. The van der Waals surface area contributed by atoms with Gasteiger partial charge in [0.25, 0.3) is 5.91 Å². The standard InChI is InChI=1S/C17H24N2O3S/c1-6-22-11-10-19-14-12(21-5)8-7-9-13(14)23-16(19)18-15(20)17(2,3)4/h7-9H,6,10-11H2,1-5H3.